The minimum Gasteiger partial charge on any atom is -0.328 e. The number of aromatic amines is 1. The maximum atomic E-state index is 11.0. The van der Waals surface area contributed by atoms with E-state index in [0.717, 1.165) is 16.7 Å². The Labute approximate surface area is 81.2 Å². The molecule has 0 saturated heterocycles. The third kappa shape index (κ3) is 1.46. The first-order chi connectivity index (χ1) is 6.66. The Bertz CT molecular complexity index is 510. The largest absolute Gasteiger partial charge is 0.328 e. The molecule has 4 heteroatoms. The highest BCUT2D eigenvalue weighted by Gasteiger charge is 2.03. The van der Waals surface area contributed by atoms with Crippen LogP contribution in [0.15, 0.2) is 29.5 Å². The van der Waals surface area contributed by atoms with Crippen molar-refractivity contribution in [3.8, 4) is 11.1 Å². The van der Waals surface area contributed by atoms with Crippen molar-refractivity contribution in [2.24, 2.45) is 7.05 Å². The summed E-state index contributed by atoms with van der Waals surface area (Å²) in [6.07, 6.45) is 5.41. The van der Waals surface area contributed by atoms with E-state index in [-0.39, 0.29) is 5.56 Å². The van der Waals surface area contributed by atoms with E-state index in [1.165, 1.54) is 0 Å². The second-order valence-electron chi connectivity index (χ2n) is 3.30. The first-order valence-corrected chi connectivity index (χ1v) is 4.35. The summed E-state index contributed by atoms with van der Waals surface area (Å²) in [6, 6.07) is 1.59. The molecule has 0 spiro atoms. The molecule has 0 radical (unpaired) electrons. The molecule has 0 amide bonds. The van der Waals surface area contributed by atoms with Gasteiger partial charge in [-0.05, 0) is 12.5 Å². The predicted molar refractivity (Wildman–Crippen MR) is 54.0 cm³/mol. The molecule has 0 unspecified atom stereocenters. The highest BCUT2D eigenvalue weighted by molar-refractivity contribution is 5.64. The molecule has 2 aromatic rings. The summed E-state index contributed by atoms with van der Waals surface area (Å²) in [5.74, 6) is 0. The Morgan fingerprint density at radius 2 is 2.29 bits per heavy atom. The van der Waals surface area contributed by atoms with E-state index < -0.39 is 0 Å². The van der Waals surface area contributed by atoms with Gasteiger partial charge < -0.3 is 4.98 Å². The lowest BCUT2D eigenvalue weighted by molar-refractivity contribution is 0.768. The molecule has 1 N–H and O–H groups in total. The average molecular weight is 189 g/mol. The first-order valence-electron chi connectivity index (χ1n) is 4.35. The van der Waals surface area contributed by atoms with Crippen molar-refractivity contribution in [1.29, 1.82) is 0 Å². The average Bonchev–Trinajstić information content (AvgIpc) is 2.51. The molecular formula is C10H11N3O. The van der Waals surface area contributed by atoms with Crippen LogP contribution in [0.4, 0.5) is 0 Å². The van der Waals surface area contributed by atoms with Crippen LogP contribution in [0.1, 0.15) is 5.56 Å². The number of nitrogens with one attached hydrogen (secondary N) is 1. The van der Waals surface area contributed by atoms with E-state index in [1.54, 1.807) is 23.1 Å². The van der Waals surface area contributed by atoms with Gasteiger partial charge in [0.25, 0.3) is 0 Å². The van der Waals surface area contributed by atoms with Gasteiger partial charge in [-0.3, -0.25) is 9.48 Å². The number of rotatable bonds is 1. The first kappa shape index (κ1) is 8.74. The standard InChI is InChI=1S/C10H11N3O/c1-7-3-10(14)11-5-9(7)8-4-12-13(2)6-8/h3-6H,1-2H3,(H,11,14). The molecule has 0 fully saturated rings. The summed E-state index contributed by atoms with van der Waals surface area (Å²) < 4.78 is 1.74. The van der Waals surface area contributed by atoms with Crippen molar-refractivity contribution in [1.82, 2.24) is 14.8 Å². The van der Waals surface area contributed by atoms with Crippen LogP contribution in [0.3, 0.4) is 0 Å². The molecule has 14 heavy (non-hydrogen) atoms. The lowest BCUT2D eigenvalue weighted by atomic mass is 10.1. The summed E-state index contributed by atoms with van der Waals surface area (Å²) >= 11 is 0. The minimum absolute atomic E-state index is 0.0739. The second kappa shape index (κ2) is 3.14. The number of H-pyrrole nitrogens is 1. The summed E-state index contributed by atoms with van der Waals surface area (Å²) in [6.45, 7) is 1.91. The molecule has 2 heterocycles. The zero-order chi connectivity index (χ0) is 10.1. The lowest BCUT2D eigenvalue weighted by Gasteiger charge is -2.00. The number of nitrogens with zero attached hydrogens (tertiary/aromatic N) is 2. The SMILES string of the molecule is Cc1cc(=O)[nH]cc1-c1cnn(C)c1. The molecule has 0 aliphatic heterocycles. The van der Waals surface area contributed by atoms with Gasteiger partial charge in [0.05, 0.1) is 6.20 Å². The fraction of sp³-hybridized carbons (Fsp3) is 0.200. The molecule has 4 nitrogen and oxygen atoms in total. The molecule has 0 aliphatic rings. The van der Waals surface area contributed by atoms with Gasteiger partial charge in [-0.15, -0.1) is 0 Å². The third-order valence-corrected chi connectivity index (χ3v) is 2.15. The van der Waals surface area contributed by atoms with Crippen molar-refractivity contribution in [2.45, 2.75) is 6.92 Å². The van der Waals surface area contributed by atoms with Gasteiger partial charge in [-0.2, -0.15) is 5.10 Å². The van der Waals surface area contributed by atoms with Crippen LogP contribution in [0.25, 0.3) is 11.1 Å². The Morgan fingerprint density at radius 3 is 2.86 bits per heavy atom. The van der Waals surface area contributed by atoms with E-state index in [2.05, 4.69) is 10.1 Å². The molecule has 0 bridgehead atoms. The van der Waals surface area contributed by atoms with E-state index in [0.29, 0.717) is 0 Å². The van der Waals surface area contributed by atoms with Gasteiger partial charge in [0.2, 0.25) is 5.56 Å². The van der Waals surface area contributed by atoms with Crippen LogP contribution in [0, 0.1) is 6.92 Å². The quantitative estimate of drug-likeness (QED) is 0.729. The van der Waals surface area contributed by atoms with Crippen LogP contribution >= 0.6 is 0 Å². The Hall–Kier alpha value is -1.84. The smallest absolute Gasteiger partial charge is 0.248 e. The summed E-state index contributed by atoms with van der Waals surface area (Å²) in [5, 5.41) is 4.08. The molecule has 0 saturated carbocycles. The number of aromatic nitrogens is 3. The highest BCUT2D eigenvalue weighted by Crippen LogP contribution is 2.19. The summed E-state index contributed by atoms with van der Waals surface area (Å²) in [4.78, 5) is 13.7. The third-order valence-electron chi connectivity index (χ3n) is 2.15. The van der Waals surface area contributed by atoms with E-state index in [1.807, 2.05) is 20.2 Å². The normalized spacial score (nSPS) is 10.4. The molecule has 0 aliphatic carbocycles. The minimum atomic E-state index is -0.0739. The van der Waals surface area contributed by atoms with Crippen molar-refractivity contribution < 1.29 is 0 Å². The maximum absolute atomic E-state index is 11.0. The van der Waals surface area contributed by atoms with Crippen molar-refractivity contribution in [3.63, 3.8) is 0 Å². The molecule has 72 valence electrons. The van der Waals surface area contributed by atoms with E-state index >= 15 is 0 Å². The fourth-order valence-electron chi connectivity index (χ4n) is 1.44. The van der Waals surface area contributed by atoms with Gasteiger partial charge in [0.1, 0.15) is 0 Å². The van der Waals surface area contributed by atoms with E-state index in [4.69, 9.17) is 0 Å². The number of pyridine rings is 1. The van der Waals surface area contributed by atoms with Crippen molar-refractivity contribution in [3.05, 3.63) is 40.6 Å². The maximum Gasteiger partial charge on any atom is 0.248 e. The molecule has 0 aromatic carbocycles. The Balaban J connectivity index is 2.57. The van der Waals surface area contributed by atoms with Gasteiger partial charge in [0.15, 0.2) is 0 Å². The van der Waals surface area contributed by atoms with Crippen LogP contribution in [-0.4, -0.2) is 14.8 Å². The lowest BCUT2D eigenvalue weighted by Crippen LogP contribution is -2.04. The predicted octanol–water partition coefficient (Wildman–Crippen LogP) is 1.08. The summed E-state index contributed by atoms with van der Waals surface area (Å²) in [7, 11) is 1.87. The van der Waals surface area contributed by atoms with Crippen LogP contribution in [-0.2, 0) is 7.05 Å². The number of aryl methyl sites for hydroxylation is 2. The fourth-order valence-corrected chi connectivity index (χ4v) is 1.44. The topological polar surface area (TPSA) is 50.7 Å². The monoisotopic (exact) mass is 189 g/mol. The zero-order valence-corrected chi connectivity index (χ0v) is 8.11. The summed E-state index contributed by atoms with van der Waals surface area (Å²) in [5.41, 5.74) is 2.91. The van der Waals surface area contributed by atoms with E-state index in [9.17, 15) is 4.79 Å². The highest BCUT2D eigenvalue weighted by atomic mass is 16.1. The Kier molecular flexibility index (Phi) is 1.96. The van der Waals surface area contributed by atoms with Gasteiger partial charge in [-0.1, -0.05) is 0 Å². The van der Waals surface area contributed by atoms with Crippen molar-refractivity contribution >= 4 is 0 Å². The van der Waals surface area contributed by atoms with Gasteiger partial charge >= 0.3 is 0 Å². The second-order valence-corrected chi connectivity index (χ2v) is 3.30. The Morgan fingerprint density at radius 1 is 1.50 bits per heavy atom. The number of hydrogen-bond acceptors (Lipinski definition) is 2. The zero-order valence-electron chi connectivity index (χ0n) is 8.11. The molecule has 2 aromatic heterocycles. The molecule has 0 atom stereocenters. The van der Waals surface area contributed by atoms with Crippen LogP contribution in [0.2, 0.25) is 0 Å². The molecular weight excluding hydrogens is 178 g/mol. The van der Waals surface area contributed by atoms with Gasteiger partial charge in [-0.25, -0.2) is 0 Å². The number of hydrogen-bond donors (Lipinski definition) is 1. The van der Waals surface area contributed by atoms with Crippen LogP contribution < -0.4 is 5.56 Å². The van der Waals surface area contributed by atoms with Crippen LogP contribution in [0.5, 0.6) is 0 Å². The van der Waals surface area contributed by atoms with Gasteiger partial charge in [0, 0.05) is 36.6 Å². The molecule has 2 rings (SSSR count). The van der Waals surface area contributed by atoms with Crippen molar-refractivity contribution in [2.75, 3.05) is 0 Å².